The first-order chi connectivity index (χ1) is 7.48. The van der Waals surface area contributed by atoms with Crippen molar-refractivity contribution in [2.45, 2.75) is 12.2 Å². The molecule has 2 heterocycles. The van der Waals surface area contributed by atoms with Crippen molar-refractivity contribution in [2.75, 3.05) is 0 Å². The van der Waals surface area contributed by atoms with E-state index in [1.54, 1.807) is 17.5 Å². The summed E-state index contributed by atoms with van der Waals surface area (Å²) in [7, 11) is 0. The van der Waals surface area contributed by atoms with E-state index in [1.807, 2.05) is 0 Å². The Labute approximate surface area is 92.3 Å². The maximum Gasteiger partial charge on any atom is 0.410 e. The number of aromatic amines is 1. The van der Waals surface area contributed by atoms with E-state index in [1.165, 1.54) is 11.3 Å². The zero-order chi connectivity index (χ0) is 11.8. The summed E-state index contributed by atoms with van der Waals surface area (Å²) in [5, 5.41) is 7.68. The number of hydrogen-bond acceptors (Lipinski definition) is 4. The van der Waals surface area contributed by atoms with Crippen LogP contribution in [-0.4, -0.2) is 21.4 Å². The van der Waals surface area contributed by atoms with Crippen molar-refractivity contribution in [3.05, 3.63) is 23.3 Å². The number of thiophene rings is 1. The number of H-pyrrole nitrogens is 1. The standard InChI is InChI=1S/C8H7F3N4S/c9-8(10,11)5(12)7-13-6(14-15-7)4-2-1-3-16-4/h1-3,5H,12H2,(H,13,14,15). The zero-order valence-electron chi connectivity index (χ0n) is 7.82. The van der Waals surface area contributed by atoms with Crippen molar-refractivity contribution in [3.63, 3.8) is 0 Å². The van der Waals surface area contributed by atoms with Crippen LogP contribution in [0.25, 0.3) is 10.7 Å². The molecule has 0 saturated carbocycles. The molecule has 0 spiro atoms. The van der Waals surface area contributed by atoms with Gasteiger partial charge in [-0.15, -0.1) is 11.3 Å². The van der Waals surface area contributed by atoms with Crippen LogP contribution in [0, 0.1) is 0 Å². The van der Waals surface area contributed by atoms with Crippen LogP contribution in [0.15, 0.2) is 17.5 Å². The van der Waals surface area contributed by atoms with Gasteiger partial charge in [-0.25, -0.2) is 4.98 Å². The average molecular weight is 248 g/mol. The first-order valence-electron chi connectivity index (χ1n) is 4.27. The summed E-state index contributed by atoms with van der Waals surface area (Å²) in [6, 6.07) is 1.35. The number of halogens is 3. The summed E-state index contributed by atoms with van der Waals surface area (Å²) in [5.41, 5.74) is 4.98. The summed E-state index contributed by atoms with van der Waals surface area (Å²) in [4.78, 5) is 4.41. The molecule has 0 saturated heterocycles. The third-order valence-electron chi connectivity index (χ3n) is 1.89. The summed E-state index contributed by atoms with van der Waals surface area (Å²) in [5.74, 6) is -0.152. The first-order valence-corrected chi connectivity index (χ1v) is 5.15. The number of alkyl halides is 3. The molecule has 0 fully saturated rings. The van der Waals surface area contributed by atoms with Gasteiger partial charge >= 0.3 is 6.18 Å². The van der Waals surface area contributed by atoms with E-state index in [-0.39, 0.29) is 11.6 Å². The van der Waals surface area contributed by atoms with Crippen molar-refractivity contribution < 1.29 is 13.2 Å². The molecule has 16 heavy (non-hydrogen) atoms. The van der Waals surface area contributed by atoms with Crippen LogP contribution >= 0.6 is 11.3 Å². The lowest BCUT2D eigenvalue weighted by molar-refractivity contribution is -0.150. The Morgan fingerprint density at radius 1 is 1.44 bits per heavy atom. The molecule has 1 unspecified atom stereocenters. The molecule has 4 nitrogen and oxygen atoms in total. The van der Waals surface area contributed by atoms with Crippen molar-refractivity contribution >= 4 is 11.3 Å². The molecule has 2 aromatic rings. The third-order valence-corrected chi connectivity index (χ3v) is 2.76. The maximum atomic E-state index is 12.3. The normalized spacial score (nSPS) is 14.0. The molecule has 2 aromatic heterocycles. The van der Waals surface area contributed by atoms with Gasteiger partial charge in [-0.2, -0.15) is 18.3 Å². The van der Waals surface area contributed by atoms with E-state index in [4.69, 9.17) is 5.73 Å². The van der Waals surface area contributed by atoms with Gasteiger partial charge < -0.3 is 5.73 Å². The van der Waals surface area contributed by atoms with Crippen LogP contribution in [0.2, 0.25) is 0 Å². The Bertz CT molecular complexity index is 462. The molecule has 0 aliphatic rings. The highest BCUT2D eigenvalue weighted by atomic mass is 32.1. The third kappa shape index (κ3) is 2.07. The fraction of sp³-hybridized carbons (Fsp3) is 0.250. The SMILES string of the molecule is NC(c1nc(-c2cccs2)n[nH]1)C(F)(F)F. The number of rotatable bonds is 2. The van der Waals surface area contributed by atoms with Gasteiger partial charge in [0.05, 0.1) is 4.88 Å². The van der Waals surface area contributed by atoms with Crippen LogP contribution in [0.4, 0.5) is 13.2 Å². The molecule has 0 aliphatic carbocycles. The van der Waals surface area contributed by atoms with Crippen molar-refractivity contribution in [3.8, 4) is 10.7 Å². The van der Waals surface area contributed by atoms with Gasteiger partial charge in [-0.1, -0.05) is 6.07 Å². The summed E-state index contributed by atoms with van der Waals surface area (Å²) >= 11 is 1.34. The van der Waals surface area contributed by atoms with E-state index in [9.17, 15) is 13.2 Å². The van der Waals surface area contributed by atoms with E-state index in [0.717, 1.165) is 0 Å². The fourth-order valence-corrected chi connectivity index (χ4v) is 1.74. The summed E-state index contributed by atoms with van der Waals surface area (Å²) < 4.78 is 36.8. The topological polar surface area (TPSA) is 67.6 Å². The molecule has 3 N–H and O–H groups in total. The lowest BCUT2D eigenvalue weighted by Crippen LogP contribution is -2.29. The predicted octanol–water partition coefficient (Wildman–Crippen LogP) is 2.10. The van der Waals surface area contributed by atoms with Crippen molar-refractivity contribution in [1.82, 2.24) is 15.2 Å². The molecule has 0 aromatic carbocycles. The van der Waals surface area contributed by atoms with E-state index >= 15 is 0 Å². The van der Waals surface area contributed by atoms with E-state index < -0.39 is 12.2 Å². The highest BCUT2D eigenvalue weighted by molar-refractivity contribution is 7.13. The highest BCUT2D eigenvalue weighted by Gasteiger charge is 2.40. The monoisotopic (exact) mass is 248 g/mol. The smallest absolute Gasteiger partial charge is 0.314 e. The highest BCUT2D eigenvalue weighted by Crippen LogP contribution is 2.29. The van der Waals surface area contributed by atoms with E-state index in [0.29, 0.717) is 4.88 Å². The number of aromatic nitrogens is 3. The Morgan fingerprint density at radius 2 is 2.19 bits per heavy atom. The van der Waals surface area contributed by atoms with Gasteiger partial charge in [0.1, 0.15) is 0 Å². The molecular weight excluding hydrogens is 241 g/mol. The second kappa shape index (κ2) is 3.87. The first kappa shape index (κ1) is 11.1. The molecule has 1 atom stereocenters. The van der Waals surface area contributed by atoms with Crippen LogP contribution in [0.1, 0.15) is 11.9 Å². The van der Waals surface area contributed by atoms with Crippen LogP contribution in [-0.2, 0) is 0 Å². The van der Waals surface area contributed by atoms with Gasteiger partial charge in [0.15, 0.2) is 17.7 Å². The second-order valence-corrected chi connectivity index (χ2v) is 3.99. The summed E-state index contributed by atoms with van der Waals surface area (Å²) in [6.07, 6.45) is -4.52. The molecule has 0 radical (unpaired) electrons. The second-order valence-electron chi connectivity index (χ2n) is 3.04. The van der Waals surface area contributed by atoms with Crippen LogP contribution in [0.5, 0.6) is 0 Å². The minimum Gasteiger partial charge on any atom is -0.314 e. The lowest BCUT2D eigenvalue weighted by atomic mass is 10.3. The van der Waals surface area contributed by atoms with Gasteiger partial charge in [0.25, 0.3) is 0 Å². The molecule has 0 aliphatic heterocycles. The molecular formula is C8H7F3N4S. The van der Waals surface area contributed by atoms with Gasteiger partial charge in [0, 0.05) is 0 Å². The maximum absolute atomic E-state index is 12.3. The quantitative estimate of drug-likeness (QED) is 0.855. The summed E-state index contributed by atoms with van der Waals surface area (Å²) in [6.45, 7) is 0. The largest absolute Gasteiger partial charge is 0.410 e. The Kier molecular flexibility index (Phi) is 2.68. The van der Waals surface area contributed by atoms with E-state index in [2.05, 4.69) is 15.2 Å². The molecule has 0 amide bonds. The molecule has 8 heteroatoms. The van der Waals surface area contributed by atoms with Gasteiger partial charge in [-0.3, -0.25) is 5.10 Å². The molecule has 86 valence electrons. The minimum absolute atomic E-state index is 0.227. The fourth-order valence-electron chi connectivity index (χ4n) is 1.08. The number of hydrogen-bond donors (Lipinski definition) is 2. The lowest BCUT2D eigenvalue weighted by Gasteiger charge is -2.11. The number of nitrogens with two attached hydrogens (primary N) is 1. The zero-order valence-corrected chi connectivity index (χ0v) is 8.64. The average Bonchev–Trinajstić information content (AvgIpc) is 2.85. The Morgan fingerprint density at radius 3 is 2.75 bits per heavy atom. The van der Waals surface area contributed by atoms with Gasteiger partial charge in [0.2, 0.25) is 0 Å². The molecule has 2 rings (SSSR count). The number of nitrogens with one attached hydrogen (secondary N) is 1. The van der Waals surface area contributed by atoms with Crippen molar-refractivity contribution in [1.29, 1.82) is 0 Å². The Hall–Kier alpha value is -1.41. The number of nitrogens with zero attached hydrogens (tertiary/aromatic N) is 2. The Balaban J connectivity index is 2.27. The van der Waals surface area contributed by atoms with Crippen LogP contribution < -0.4 is 5.73 Å². The van der Waals surface area contributed by atoms with Crippen LogP contribution in [0.3, 0.4) is 0 Å². The van der Waals surface area contributed by atoms with Crippen molar-refractivity contribution in [2.24, 2.45) is 5.73 Å². The molecule has 0 bridgehead atoms. The predicted molar refractivity (Wildman–Crippen MR) is 52.7 cm³/mol. The van der Waals surface area contributed by atoms with Gasteiger partial charge in [-0.05, 0) is 11.4 Å². The minimum atomic E-state index is -4.52.